The molecule has 1 fully saturated rings. The van der Waals surface area contributed by atoms with Crippen LogP contribution in [-0.4, -0.2) is 22.8 Å². The predicted octanol–water partition coefficient (Wildman–Crippen LogP) is 3.62. The maximum Gasteiger partial charge on any atom is 0.419 e. The third-order valence-electron chi connectivity index (χ3n) is 3.18. The van der Waals surface area contributed by atoms with Gasteiger partial charge in [0.05, 0.1) is 16.8 Å². The molecule has 0 unspecified atom stereocenters. The molecule has 25 heavy (non-hydrogen) atoms. The van der Waals surface area contributed by atoms with Crippen LogP contribution in [0.4, 0.5) is 15.3 Å². The number of nitrogens with one attached hydrogen (secondary N) is 1. The molecule has 1 saturated heterocycles. The van der Waals surface area contributed by atoms with Crippen molar-refractivity contribution in [2.75, 3.05) is 4.90 Å². The molecule has 2 aliphatic heterocycles. The van der Waals surface area contributed by atoms with E-state index in [1.807, 2.05) is 0 Å². The van der Waals surface area contributed by atoms with E-state index in [-0.39, 0.29) is 0 Å². The molecule has 2 aliphatic rings. The fraction of sp³-hybridized carbons (Fsp3) is 0.235. The van der Waals surface area contributed by atoms with Gasteiger partial charge >= 0.3 is 6.09 Å². The van der Waals surface area contributed by atoms with Crippen molar-refractivity contribution in [2.24, 2.45) is 0 Å². The fourth-order valence-corrected chi connectivity index (χ4v) is 2.88. The van der Waals surface area contributed by atoms with Gasteiger partial charge in [0.25, 0.3) is 11.1 Å². The zero-order valence-corrected chi connectivity index (χ0v) is 14.7. The standard InChI is InChI=1S/C17H16N2O5S/c1-17(2,3)24-16(22)19-6-7-23-12-5-4-10(8-11(12)19)9-13-14(20)18-15(21)25-13/h4-9H,1-3H3,(H,18,20,21)/b13-9-. The van der Waals surface area contributed by atoms with E-state index in [0.29, 0.717) is 21.9 Å². The Morgan fingerprint density at radius 3 is 2.72 bits per heavy atom. The Hall–Kier alpha value is -2.74. The summed E-state index contributed by atoms with van der Waals surface area (Å²) < 4.78 is 10.8. The minimum atomic E-state index is -0.637. The van der Waals surface area contributed by atoms with Crippen molar-refractivity contribution >= 4 is 40.8 Å². The zero-order valence-electron chi connectivity index (χ0n) is 13.9. The van der Waals surface area contributed by atoms with Gasteiger partial charge in [-0.15, -0.1) is 0 Å². The molecule has 3 rings (SSSR count). The Morgan fingerprint density at radius 2 is 2.08 bits per heavy atom. The van der Waals surface area contributed by atoms with Gasteiger partial charge in [-0.2, -0.15) is 0 Å². The molecule has 7 nitrogen and oxygen atoms in total. The third-order valence-corrected chi connectivity index (χ3v) is 3.99. The lowest BCUT2D eigenvalue weighted by Crippen LogP contribution is -2.34. The summed E-state index contributed by atoms with van der Waals surface area (Å²) in [6.45, 7) is 5.34. The van der Waals surface area contributed by atoms with E-state index >= 15 is 0 Å². The molecule has 8 heteroatoms. The van der Waals surface area contributed by atoms with Gasteiger partial charge in [0.1, 0.15) is 11.9 Å². The second-order valence-electron chi connectivity index (χ2n) is 6.33. The van der Waals surface area contributed by atoms with E-state index in [9.17, 15) is 14.4 Å². The van der Waals surface area contributed by atoms with Crippen LogP contribution in [0.5, 0.6) is 5.75 Å². The highest BCUT2D eigenvalue weighted by atomic mass is 32.2. The van der Waals surface area contributed by atoms with Crippen molar-refractivity contribution in [3.63, 3.8) is 0 Å². The number of ether oxygens (including phenoxy) is 2. The quantitative estimate of drug-likeness (QED) is 0.770. The van der Waals surface area contributed by atoms with E-state index in [4.69, 9.17) is 9.47 Å². The first-order valence-corrected chi connectivity index (χ1v) is 8.29. The number of thioether (sulfide) groups is 1. The average Bonchev–Trinajstić information content (AvgIpc) is 2.82. The number of anilines is 1. The Kier molecular flexibility index (Phi) is 4.30. The number of fused-ring (bicyclic) bond motifs is 1. The van der Waals surface area contributed by atoms with Crippen molar-refractivity contribution < 1.29 is 23.9 Å². The molecule has 0 saturated carbocycles. The van der Waals surface area contributed by atoms with Crippen molar-refractivity contribution in [3.8, 4) is 5.75 Å². The molecular weight excluding hydrogens is 344 g/mol. The van der Waals surface area contributed by atoms with Gasteiger partial charge in [-0.05, 0) is 56.3 Å². The highest BCUT2D eigenvalue weighted by Gasteiger charge is 2.27. The topological polar surface area (TPSA) is 84.9 Å². The molecule has 1 aromatic rings. The molecule has 0 aliphatic carbocycles. The lowest BCUT2D eigenvalue weighted by atomic mass is 10.1. The molecule has 0 bridgehead atoms. The number of rotatable bonds is 1. The van der Waals surface area contributed by atoms with E-state index in [2.05, 4.69) is 5.32 Å². The third kappa shape index (κ3) is 3.85. The van der Waals surface area contributed by atoms with Crippen LogP contribution in [0.1, 0.15) is 26.3 Å². The van der Waals surface area contributed by atoms with Gasteiger partial charge in [-0.1, -0.05) is 6.07 Å². The smallest absolute Gasteiger partial charge is 0.419 e. The molecule has 3 amide bonds. The van der Waals surface area contributed by atoms with Crippen LogP contribution in [0.25, 0.3) is 6.08 Å². The van der Waals surface area contributed by atoms with E-state index < -0.39 is 22.8 Å². The summed E-state index contributed by atoms with van der Waals surface area (Å²) in [5.74, 6) is 0.0444. The van der Waals surface area contributed by atoms with Crippen LogP contribution < -0.4 is 15.0 Å². The number of carbonyl (C=O) groups is 3. The van der Waals surface area contributed by atoms with Crippen LogP contribution in [0.2, 0.25) is 0 Å². The lowest BCUT2D eigenvalue weighted by Gasteiger charge is -2.28. The van der Waals surface area contributed by atoms with Gasteiger partial charge < -0.3 is 9.47 Å². The number of carbonyl (C=O) groups excluding carboxylic acids is 3. The molecule has 2 heterocycles. The summed E-state index contributed by atoms with van der Waals surface area (Å²) in [6.07, 6.45) is 3.90. The predicted molar refractivity (Wildman–Crippen MR) is 94.0 cm³/mol. The molecule has 1 aromatic carbocycles. The van der Waals surface area contributed by atoms with Crippen molar-refractivity contribution in [3.05, 3.63) is 41.1 Å². The van der Waals surface area contributed by atoms with E-state index in [1.165, 1.54) is 17.4 Å². The number of imide groups is 1. The van der Waals surface area contributed by atoms with Gasteiger partial charge in [-0.25, -0.2) is 9.69 Å². The summed E-state index contributed by atoms with van der Waals surface area (Å²) in [6, 6.07) is 5.10. The van der Waals surface area contributed by atoms with Crippen molar-refractivity contribution in [1.82, 2.24) is 5.32 Å². The second-order valence-corrected chi connectivity index (χ2v) is 7.35. The largest absolute Gasteiger partial charge is 0.461 e. The van der Waals surface area contributed by atoms with Gasteiger partial charge in [0.15, 0.2) is 5.75 Å². The highest BCUT2D eigenvalue weighted by molar-refractivity contribution is 8.18. The summed E-state index contributed by atoms with van der Waals surface area (Å²) >= 11 is 0.832. The van der Waals surface area contributed by atoms with Crippen LogP contribution in [0, 0.1) is 0 Å². The average molecular weight is 360 g/mol. The maximum absolute atomic E-state index is 12.4. The van der Waals surface area contributed by atoms with E-state index in [1.54, 1.807) is 45.0 Å². The molecule has 1 N–H and O–H groups in total. The van der Waals surface area contributed by atoms with Crippen LogP contribution in [0.15, 0.2) is 35.6 Å². The Balaban J connectivity index is 1.92. The van der Waals surface area contributed by atoms with Crippen molar-refractivity contribution in [1.29, 1.82) is 0 Å². The zero-order chi connectivity index (χ0) is 18.2. The SMILES string of the molecule is CC(C)(C)OC(=O)N1C=COc2ccc(/C=C3\SC(=O)NC3=O)cc21. The van der Waals surface area contributed by atoms with Crippen molar-refractivity contribution in [2.45, 2.75) is 26.4 Å². The monoisotopic (exact) mass is 360 g/mol. The minimum absolute atomic E-state index is 0.293. The molecule has 0 aromatic heterocycles. The molecule has 0 radical (unpaired) electrons. The first kappa shape index (κ1) is 17.1. The minimum Gasteiger partial charge on any atom is -0.461 e. The van der Waals surface area contributed by atoms with Gasteiger partial charge in [0.2, 0.25) is 0 Å². The Bertz CT molecular complexity index is 823. The lowest BCUT2D eigenvalue weighted by molar-refractivity contribution is -0.115. The summed E-state index contributed by atoms with van der Waals surface area (Å²) in [5.41, 5.74) is 0.501. The molecular formula is C17H16N2O5S. The van der Waals surface area contributed by atoms with Crippen LogP contribution >= 0.6 is 11.8 Å². The molecule has 130 valence electrons. The van der Waals surface area contributed by atoms with Crippen LogP contribution in [-0.2, 0) is 9.53 Å². The Labute approximate surface area is 148 Å². The number of hydrogen-bond acceptors (Lipinski definition) is 6. The summed E-state index contributed by atoms with van der Waals surface area (Å²) in [4.78, 5) is 36.9. The highest BCUT2D eigenvalue weighted by Crippen LogP contribution is 2.35. The number of nitrogens with zero attached hydrogens (tertiary/aromatic N) is 1. The van der Waals surface area contributed by atoms with Gasteiger partial charge in [-0.3, -0.25) is 14.9 Å². The first-order valence-electron chi connectivity index (χ1n) is 7.47. The maximum atomic E-state index is 12.4. The number of benzene rings is 1. The fourth-order valence-electron chi connectivity index (χ4n) is 2.20. The molecule has 0 atom stereocenters. The number of hydrogen-bond donors (Lipinski definition) is 1. The molecule has 0 spiro atoms. The van der Waals surface area contributed by atoms with E-state index in [0.717, 1.165) is 11.8 Å². The first-order chi connectivity index (χ1) is 11.7. The normalized spacial score (nSPS) is 18.0. The van der Waals surface area contributed by atoms with Crippen LogP contribution in [0.3, 0.4) is 0 Å². The summed E-state index contributed by atoms with van der Waals surface area (Å²) in [5, 5.41) is 1.79. The Morgan fingerprint density at radius 1 is 1.32 bits per heavy atom. The van der Waals surface area contributed by atoms with Gasteiger partial charge in [0, 0.05) is 0 Å². The number of amides is 3. The summed E-state index contributed by atoms with van der Waals surface area (Å²) in [7, 11) is 0. The second kappa shape index (κ2) is 6.29.